The highest BCUT2D eigenvalue weighted by Crippen LogP contribution is 2.29. The molecule has 112 valence electrons. The smallest absolute Gasteiger partial charge is 0.142 e. The molecule has 0 saturated heterocycles. The Balaban J connectivity index is 2.28. The summed E-state index contributed by atoms with van der Waals surface area (Å²) in [5.74, 6) is 0.0298. The second-order valence-corrected chi connectivity index (χ2v) is 6.06. The SMILES string of the molecule is CCC(N)C(Oc1ccc(F)c(Cl)c1)c1ccc(Br)cc1. The summed E-state index contributed by atoms with van der Waals surface area (Å²) in [7, 11) is 0. The van der Waals surface area contributed by atoms with Crippen molar-refractivity contribution in [1.82, 2.24) is 0 Å². The van der Waals surface area contributed by atoms with Crippen molar-refractivity contribution in [2.45, 2.75) is 25.5 Å². The summed E-state index contributed by atoms with van der Waals surface area (Å²) in [5, 5.41) is 0.0344. The van der Waals surface area contributed by atoms with Crippen molar-refractivity contribution in [3.8, 4) is 5.75 Å². The van der Waals surface area contributed by atoms with Crippen molar-refractivity contribution >= 4 is 27.5 Å². The standard InChI is InChI=1S/C16H16BrClFNO/c1-2-15(20)16(10-3-5-11(17)6-4-10)21-12-7-8-14(19)13(18)9-12/h3-9,15-16H,2,20H2,1H3. The van der Waals surface area contributed by atoms with Gasteiger partial charge in [0.1, 0.15) is 17.7 Å². The molecule has 0 heterocycles. The quantitative estimate of drug-likeness (QED) is 0.792. The molecule has 2 unspecified atom stereocenters. The van der Waals surface area contributed by atoms with E-state index >= 15 is 0 Å². The molecule has 0 saturated carbocycles. The molecule has 0 amide bonds. The maximum atomic E-state index is 13.2. The number of hydrogen-bond donors (Lipinski definition) is 1. The number of nitrogens with two attached hydrogens (primary N) is 1. The van der Waals surface area contributed by atoms with Gasteiger partial charge >= 0.3 is 0 Å². The van der Waals surface area contributed by atoms with Crippen LogP contribution in [0.5, 0.6) is 5.75 Å². The average molecular weight is 373 g/mol. The van der Waals surface area contributed by atoms with Gasteiger partial charge in [0.25, 0.3) is 0 Å². The van der Waals surface area contributed by atoms with E-state index in [1.54, 1.807) is 6.07 Å². The molecule has 2 aromatic carbocycles. The van der Waals surface area contributed by atoms with E-state index in [1.807, 2.05) is 31.2 Å². The fourth-order valence-corrected chi connectivity index (χ4v) is 2.40. The molecule has 2 rings (SSSR count). The zero-order valence-corrected chi connectivity index (χ0v) is 13.9. The normalized spacial score (nSPS) is 13.8. The van der Waals surface area contributed by atoms with Gasteiger partial charge in [0.15, 0.2) is 0 Å². The first-order valence-electron chi connectivity index (χ1n) is 6.64. The lowest BCUT2D eigenvalue weighted by Crippen LogP contribution is -2.31. The molecule has 0 aliphatic heterocycles. The molecule has 0 spiro atoms. The number of ether oxygens (including phenoxy) is 1. The lowest BCUT2D eigenvalue weighted by atomic mass is 10.0. The summed E-state index contributed by atoms with van der Waals surface area (Å²) in [6.07, 6.45) is 0.444. The highest BCUT2D eigenvalue weighted by atomic mass is 79.9. The van der Waals surface area contributed by atoms with E-state index in [1.165, 1.54) is 12.1 Å². The Labute approximate surface area is 137 Å². The molecule has 2 atom stereocenters. The van der Waals surface area contributed by atoms with Gasteiger partial charge in [-0.2, -0.15) is 0 Å². The fourth-order valence-electron chi connectivity index (χ4n) is 1.97. The van der Waals surface area contributed by atoms with Gasteiger partial charge in [-0.1, -0.05) is 46.6 Å². The van der Waals surface area contributed by atoms with E-state index in [4.69, 9.17) is 22.1 Å². The summed E-state index contributed by atoms with van der Waals surface area (Å²) < 4.78 is 20.1. The monoisotopic (exact) mass is 371 g/mol. The third kappa shape index (κ3) is 4.19. The lowest BCUT2D eigenvalue weighted by Gasteiger charge is -2.25. The van der Waals surface area contributed by atoms with E-state index < -0.39 is 5.82 Å². The first-order valence-corrected chi connectivity index (χ1v) is 7.81. The van der Waals surface area contributed by atoms with Gasteiger partial charge in [-0.25, -0.2) is 4.39 Å². The van der Waals surface area contributed by atoms with Gasteiger partial charge in [-0.05, 0) is 36.2 Å². The van der Waals surface area contributed by atoms with Gasteiger partial charge in [0.05, 0.1) is 5.02 Å². The number of halogens is 3. The minimum absolute atomic E-state index is 0.0344. The molecule has 0 fully saturated rings. The van der Waals surface area contributed by atoms with Gasteiger partial charge in [-0.3, -0.25) is 0 Å². The second kappa shape index (κ2) is 7.25. The zero-order chi connectivity index (χ0) is 15.4. The van der Waals surface area contributed by atoms with Crippen LogP contribution in [0, 0.1) is 5.82 Å². The molecule has 0 bridgehead atoms. The van der Waals surface area contributed by atoms with Crippen molar-refractivity contribution in [3.63, 3.8) is 0 Å². The first-order chi connectivity index (χ1) is 10.0. The summed E-state index contributed by atoms with van der Waals surface area (Å²) in [6.45, 7) is 2.00. The van der Waals surface area contributed by atoms with E-state index in [9.17, 15) is 4.39 Å². The lowest BCUT2D eigenvalue weighted by molar-refractivity contribution is 0.171. The van der Waals surface area contributed by atoms with Crippen LogP contribution in [-0.2, 0) is 0 Å². The molecule has 0 aliphatic rings. The van der Waals surface area contributed by atoms with Crippen molar-refractivity contribution in [1.29, 1.82) is 0 Å². The molecular weight excluding hydrogens is 357 g/mol. The van der Waals surface area contributed by atoms with Crippen LogP contribution in [0.25, 0.3) is 0 Å². The minimum atomic E-state index is -0.469. The predicted octanol–water partition coefficient (Wildman–Crippen LogP) is 5.10. The predicted molar refractivity (Wildman–Crippen MR) is 87.2 cm³/mol. The van der Waals surface area contributed by atoms with Crippen LogP contribution in [0.2, 0.25) is 5.02 Å². The third-order valence-corrected chi connectivity index (χ3v) is 4.03. The van der Waals surface area contributed by atoms with Crippen LogP contribution < -0.4 is 10.5 Å². The van der Waals surface area contributed by atoms with E-state index in [-0.39, 0.29) is 17.2 Å². The van der Waals surface area contributed by atoms with E-state index in [0.29, 0.717) is 5.75 Å². The maximum absolute atomic E-state index is 13.2. The number of benzene rings is 2. The molecule has 2 N–H and O–H groups in total. The van der Waals surface area contributed by atoms with Crippen molar-refractivity contribution in [2.24, 2.45) is 5.73 Å². The molecule has 21 heavy (non-hydrogen) atoms. The van der Waals surface area contributed by atoms with Crippen LogP contribution in [0.1, 0.15) is 25.0 Å². The molecule has 2 aromatic rings. The minimum Gasteiger partial charge on any atom is -0.484 e. The van der Waals surface area contributed by atoms with Crippen molar-refractivity contribution in [3.05, 3.63) is 63.3 Å². The van der Waals surface area contributed by atoms with Gasteiger partial charge in [0.2, 0.25) is 0 Å². The molecule has 5 heteroatoms. The Morgan fingerprint density at radius 3 is 2.48 bits per heavy atom. The van der Waals surface area contributed by atoms with Crippen LogP contribution >= 0.6 is 27.5 Å². The Hall–Kier alpha value is -1.10. The van der Waals surface area contributed by atoms with Gasteiger partial charge in [0, 0.05) is 16.6 Å². The molecule has 0 aliphatic carbocycles. The van der Waals surface area contributed by atoms with Crippen LogP contribution in [0.4, 0.5) is 4.39 Å². The Morgan fingerprint density at radius 1 is 1.24 bits per heavy atom. The Bertz CT molecular complexity index is 606. The van der Waals surface area contributed by atoms with Crippen molar-refractivity contribution < 1.29 is 9.13 Å². The molecule has 2 nitrogen and oxygen atoms in total. The average Bonchev–Trinajstić information content (AvgIpc) is 2.48. The Kier molecular flexibility index (Phi) is 5.62. The van der Waals surface area contributed by atoms with Crippen LogP contribution in [0.15, 0.2) is 46.9 Å². The summed E-state index contributed by atoms with van der Waals surface area (Å²) in [6, 6.07) is 11.9. The fraction of sp³-hybridized carbons (Fsp3) is 0.250. The summed E-state index contributed by atoms with van der Waals surface area (Å²) >= 11 is 9.19. The second-order valence-electron chi connectivity index (χ2n) is 4.74. The van der Waals surface area contributed by atoms with Crippen molar-refractivity contribution in [2.75, 3.05) is 0 Å². The summed E-state index contributed by atoms with van der Waals surface area (Å²) in [4.78, 5) is 0. The highest BCUT2D eigenvalue weighted by Gasteiger charge is 2.21. The number of rotatable bonds is 5. The highest BCUT2D eigenvalue weighted by molar-refractivity contribution is 9.10. The number of hydrogen-bond acceptors (Lipinski definition) is 2. The van der Waals surface area contributed by atoms with Gasteiger partial charge < -0.3 is 10.5 Å². The van der Waals surface area contributed by atoms with E-state index in [2.05, 4.69) is 15.9 Å². The largest absolute Gasteiger partial charge is 0.484 e. The van der Waals surface area contributed by atoms with Crippen LogP contribution in [0.3, 0.4) is 0 Å². The molecule has 0 aromatic heterocycles. The zero-order valence-electron chi connectivity index (χ0n) is 11.5. The topological polar surface area (TPSA) is 35.2 Å². The maximum Gasteiger partial charge on any atom is 0.142 e. The first kappa shape index (κ1) is 16.3. The molecular formula is C16H16BrClFNO. The summed E-state index contributed by atoms with van der Waals surface area (Å²) in [5.41, 5.74) is 7.13. The van der Waals surface area contributed by atoms with Crippen LogP contribution in [-0.4, -0.2) is 6.04 Å². The van der Waals surface area contributed by atoms with Gasteiger partial charge in [-0.15, -0.1) is 0 Å². The Morgan fingerprint density at radius 2 is 1.90 bits per heavy atom. The van der Waals surface area contributed by atoms with E-state index in [0.717, 1.165) is 16.5 Å². The molecule has 0 radical (unpaired) electrons. The third-order valence-electron chi connectivity index (χ3n) is 3.21.